The Bertz CT molecular complexity index is 516. The molecule has 21 heavy (non-hydrogen) atoms. The lowest BCUT2D eigenvalue weighted by molar-refractivity contribution is -0.119. The lowest BCUT2D eigenvalue weighted by Gasteiger charge is -2.20. The maximum atomic E-state index is 11.0. The Labute approximate surface area is 122 Å². The fourth-order valence-electron chi connectivity index (χ4n) is 1.86. The maximum Gasteiger partial charge on any atom is 0.335 e. The number of amides is 1. The molecule has 1 aromatic carbocycles. The number of aliphatic hydroxyl groups excluding tert-OH is 2. The van der Waals surface area contributed by atoms with Crippen molar-refractivity contribution in [1.29, 1.82) is 0 Å². The Morgan fingerprint density at radius 2 is 2.00 bits per heavy atom. The van der Waals surface area contributed by atoms with Gasteiger partial charge in [0.2, 0.25) is 5.91 Å². The van der Waals surface area contributed by atoms with Gasteiger partial charge in [0.1, 0.15) is 11.9 Å². The van der Waals surface area contributed by atoms with Crippen LogP contribution in [-0.4, -0.2) is 47.0 Å². The number of aromatic carboxylic acids is 1. The number of benzene rings is 1. The first-order valence-corrected chi connectivity index (χ1v) is 6.38. The van der Waals surface area contributed by atoms with Crippen molar-refractivity contribution in [3.8, 4) is 5.75 Å². The molecule has 0 aliphatic rings. The summed E-state index contributed by atoms with van der Waals surface area (Å²) >= 11 is 0. The standard InChI is InChI=1S/C14H19NO6/c1-8(16)15-6-5-11(17)13(18)10-7-9(14(19)20)3-4-12(10)21-2/h3-4,7,11,13,17-18H,5-6H2,1-2H3,(H,15,16)(H,19,20). The van der Waals surface area contributed by atoms with E-state index in [0.29, 0.717) is 0 Å². The van der Waals surface area contributed by atoms with E-state index in [1.54, 1.807) is 0 Å². The molecule has 0 aliphatic carbocycles. The molecule has 7 heteroatoms. The molecule has 0 spiro atoms. The molecule has 1 amide bonds. The second kappa shape index (κ2) is 7.61. The zero-order valence-corrected chi connectivity index (χ0v) is 11.9. The number of carbonyl (C=O) groups is 2. The van der Waals surface area contributed by atoms with Crippen molar-refractivity contribution in [2.24, 2.45) is 0 Å². The highest BCUT2D eigenvalue weighted by Gasteiger charge is 2.23. The van der Waals surface area contributed by atoms with E-state index < -0.39 is 18.2 Å². The van der Waals surface area contributed by atoms with Gasteiger partial charge in [-0.25, -0.2) is 4.79 Å². The average Bonchev–Trinajstić information content (AvgIpc) is 2.45. The molecule has 0 saturated heterocycles. The number of hydrogen-bond donors (Lipinski definition) is 4. The Balaban J connectivity index is 2.88. The van der Waals surface area contributed by atoms with Gasteiger partial charge in [-0.05, 0) is 24.6 Å². The molecule has 0 aromatic heterocycles. The van der Waals surface area contributed by atoms with Gasteiger partial charge in [0.15, 0.2) is 0 Å². The van der Waals surface area contributed by atoms with Crippen molar-refractivity contribution in [3.05, 3.63) is 29.3 Å². The highest BCUT2D eigenvalue weighted by Crippen LogP contribution is 2.29. The number of carboxylic acids is 1. The second-order valence-electron chi connectivity index (χ2n) is 4.55. The van der Waals surface area contributed by atoms with Gasteiger partial charge >= 0.3 is 5.97 Å². The third-order valence-electron chi connectivity index (χ3n) is 2.97. The molecule has 1 aromatic rings. The first-order chi connectivity index (χ1) is 9.86. The number of carboxylic acid groups (broad SMARTS) is 1. The number of methoxy groups -OCH3 is 1. The number of rotatable bonds is 7. The Morgan fingerprint density at radius 3 is 2.52 bits per heavy atom. The minimum absolute atomic E-state index is 0.0149. The summed E-state index contributed by atoms with van der Waals surface area (Å²) in [4.78, 5) is 21.7. The first-order valence-electron chi connectivity index (χ1n) is 6.38. The topological polar surface area (TPSA) is 116 Å². The van der Waals surface area contributed by atoms with Gasteiger partial charge < -0.3 is 25.4 Å². The van der Waals surface area contributed by atoms with Gasteiger partial charge in [-0.2, -0.15) is 0 Å². The monoisotopic (exact) mass is 297 g/mol. The van der Waals surface area contributed by atoms with Crippen molar-refractivity contribution in [2.45, 2.75) is 25.6 Å². The fraction of sp³-hybridized carbons (Fsp3) is 0.429. The predicted octanol–water partition coefficient (Wildman–Crippen LogP) is 0.314. The van der Waals surface area contributed by atoms with Crippen molar-refractivity contribution in [2.75, 3.05) is 13.7 Å². The second-order valence-corrected chi connectivity index (χ2v) is 4.55. The van der Waals surface area contributed by atoms with Crippen LogP contribution < -0.4 is 10.1 Å². The van der Waals surface area contributed by atoms with Crippen LogP contribution in [0.1, 0.15) is 35.4 Å². The van der Waals surface area contributed by atoms with E-state index in [4.69, 9.17) is 9.84 Å². The molecule has 7 nitrogen and oxygen atoms in total. The van der Waals surface area contributed by atoms with Gasteiger partial charge in [-0.1, -0.05) is 0 Å². The third kappa shape index (κ3) is 4.73. The molecule has 1 rings (SSSR count). The highest BCUT2D eigenvalue weighted by atomic mass is 16.5. The molecule has 4 N–H and O–H groups in total. The van der Waals surface area contributed by atoms with Crippen LogP contribution in [0, 0.1) is 0 Å². The van der Waals surface area contributed by atoms with Crippen LogP contribution in [0.25, 0.3) is 0 Å². The summed E-state index contributed by atoms with van der Waals surface area (Å²) in [5.74, 6) is -1.09. The van der Waals surface area contributed by atoms with Crippen LogP contribution in [0.2, 0.25) is 0 Å². The molecule has 2 atom stereocenters. The molecule has 0 radical (unpaired) electrons. The average molecular weight is 297 g/mol. The zero-order valence-electron chi connectivity index (χ0n) is 11.9. The van der Waals surface area contributed by atoms with E-state index in [-0.39, 0.29) is 35.7 Å². The largest absolute Gasteiger partial charge is 0.496 e. The number of hydrogen-bond acceptors (Lipinski definition) is 5. The van der Waals surface area contributed by atoms with Gasteiger partial charge in [0, 0.05) is 19.0 Å². The summed E-state index contributed by atoms with van der Waals surface area (Å²) in [6.07, 6.45) is -2.34. The van der Waals surface area contributed by atoms with Crippen molar-refractivity contribution in [3.63, 3.8) is 0 Å². The SMILES string of the molecule is COc1ccc(C(=O)O)cc1C(O)C(O)CCNC(C)=O. The molecular formula is C14H19NO6. The predicted molar refractivity (Wildman–Crippen MR) is 74.2 cm³/mol. The lowest BCUT2D eigenvalue weighted by Crippen LogP contribution is -2.28. The van der Waals surface area contributed by atoms with Crippen LogP contribution in [0.5, 0.6) is 5.75 Å². The Hall–Kier alpha value is -2.12. The number of carbonyl (C=O) groups excluding carboxylic acids is 1. The zero-order chi connectivity index (χ0) is 16.0. The Kier molecular flexibility index (Phi) is 6.13. The molecule has 116 valence electrons. The third-order valence-corrected chi connectivity index (χ3v) is 2.97. The summed E-state index contributed by atoms with van der Waals surface area (Å²) in [5.41, 5.74) is 0.173. The molecule has 0 bridgehead atoms. The van der Waals surface area contributed by atoms with E-state index >= 15 is 0 Å². The molecular weight excluding hydrogens is 278 g/mol. The van der Waals surface area contributed by atoms with E-state index in [0.717, 1.165) is 0 Å². The minimum Gasteiger partial charge on any atom is -0.496 e. The van der Waals surface area contributed by atoms with Crippen LogP contribution in [0.15, 0.2) is 18.2 Å². The van der Waals surface area contributed by atoms with Crippen molar-refractivity contribution >= 4 is 11.9 Å². The first kappa shape index (κ1) is 16.9. The van der Waals surface area contributed by atoms with Gasteiger partial charge in [0.25, 0.3) is 0 Å². The van der Waals surface area contributed by atoms with Gasteiger partial charge in [0.05, 0.1) is 18.8 Å². The number of nitrogens with one attached hydrogen (secondary N) is 1. The highest BCUT2D eigenvalue weighted by molar-refractivity contribution is 5.88. The normalized spacial score (nSPS) is 13.3. The Morgan fingerprint density at radius 1 is 1.33 bits per heavy atom. The molecule has 0 aliphatic heterocycles. The summed E-state index contributed by atoms with van der Waals surface area (Å²) in [6, 6.07) is 4.02. The molecule has 0 fully saturated rings. The van der Waals surface area contributed by atoms with Crippen molar-refractivity contribution < 1.29 is 29.6 Å². The smallest absolute Gasteiger partial charge is 0.335 e. The fourth-order valence-corrected chi connectivity index (χ4v) is 1.86. The number of ether oxygens (including phenoxy) is 1. The minimum atomic E-state index is -1.31. The summed E-state index contributed by atoms with van der Waals surface area (Å²) in [7, 11) is 1.38. The van der Waals surface area contributed by atoms with Crippen LogP contribution in [0.3, 0.4) is 0 Å². The quantitative estimate of drug-likeness (QED) is 0.576. The lowest BCUT2D eigenvalue weighted by atomic mass is 9.99. The molecule has 0 saturated carbocycles. The maximum absolute atomic E-state index is 11.0. The number of aliphatic hydroxyl groups is 2. The summed E-state index contributed by atoms with van der Waals surface area (Å²) in [5, 5.41) is 31.5. The van der Waals surface area contributed by atoms with Gasteiger partial charge in [-0.3, -0.25) is 4.79 Å². The summed E-state index contributed by atoms with van der Waals surface area (Å²) < 4.78 is 5.06. The summed E-state index contributed by atoms with van der Waals surface area (Å²) in [6.45, 7) is 1.55. The van der Waals surface area contributed by atoms with Crippen LogP contribution >= 0.6 is 0 Å². The molecule has 0 heterocycles. The molecule has 2 unspecified atom stereocenters. The van der Waals surface area contributed by atoms with Crippen molar-refractivity contribution in [1.82, 2.24) is 5.32 Å². The van der Waals surface area contributed by atoms with E-state index in [1.807, 2.05) is 0 Å². The van der Waals surface area contributed by atoms with E-state index in [2.05, 4.69) is 5.32 Å². The van der Waals surface area contributed by atoms with Gasteiger partial charge in [-0.15, -0.1) is 0 Å². The van der Waals surface area contributed by atoms with Crippen LogP contribution in [-0.2, 0) is 4.79 Å². The van der Waals surface area contributed by atoms with E-state index in [9.17, 15) is 19.8 Å². The van der Waals surface area contributed by atoms with Crippen LogP contribution in [0.4, 0.5) is 0 Å². The van der Waals surface area contributed by atoms with E-state index in [1.165, 1.54) is 32.2 Å².